The molecule has 1 N–H and O–H groups in total. The lowest BCUT2D eigenvalue weighted by Crippen LogP contribution is -2.29. The molecule has 1 aliphatic heterocycles. The number of rotatable bonds is 4. The van der Waals surface area contributed by atoms with Gasteiger partial charge in [-0.15, -0.1) is 0 Å². The first kappa shape index (κ1) is 14.2. The Morgan fingerprint density at radius 3 is 2.79 bits per heavy atom. The minimum absolute atomic E-state index is 0.113. The largest absolute Gasteiger partial charge is 0.438 e. The molecule has 2 saturated carbocycles. The number of hydrogen-bond acceptors (Lipinski definition) is 5. The van der Waals surface area contributed by atoms with Gasteiger partial charge in [0, 0.05) is 24.9 Å². The highest BCUT2D eigenvalue weighted by atomic mass is 16.4. The van der Waals surface area contributed by atoms with E-state index in [4.69, 9.17) is 9.40 Å². The summed E-state index contributed by atoms with van der Waals surface area (Å²) in [5.41, 5.74) is 0. The van der Waals surface area contributed by atoms with E-state index in [1.54, 1.807) is 13.1 Å². The first-order chi connectivity index (χ1) is 11.7. The lowest BCUT2D eigenvalue weighted by molar-refractivity contribution is 0.0743. The Balaban J connectivity index is 1.38. The van der Waals surface area contributed by atoms with Crippen LogP contribution in [0, 0.1) is 18.8 Å². The van der Waals surface area contributed by atoms with Gasteiger partial charge in [-0.3, -0.25) is 9.89 Å². The highest BCUT2D eigenvalue weighted by Crippen LogP contribution is 2.47. The second kappa shape index (κ2) is 5.16. The Morgan fingerprint density at radius 2 is 2.12 bits per heavy atom. The lowest BCUT2D eigenvalue weighted by Gasteiger charge is -2.14. The molecule has 1 saturated heterocycles. The van der Waals surface area contributed by atoms with Crippen molar-refractivity contribution in [2.75, 3.05) is 13.1 Å². The quantitative estimate of drug-likeness (QED) is 0.930. The third-order valence-electron chi connectivity index (χ3n) is 5.50. The average Bonchev–Trinajstić information content (AvgIpc) is 3.47. The summed E-state index contributed by atoms with van der Waals surface area (Å²) in [7, 11) is 0. The predicted molar refractivity (Wildman–Crippen MR) is 84.5 cm³/mol. The molecule has 0 aromatic carbocycles. The van der Waals surface area contributed by atoms with Crippen molar-refractivity contribution in [3.05, 3.63) is 29.5 Å². The fraction of sp³-hybridized carbons (Fsp3) is 0.647. The van der Waals surface area contributed by atoms with E-state index in [9.17, 15) is 4.79 Å². The van der Waals surface area contributed by atoms with Crippen molar-refractivity contribution in [3.8, 4) is 0 Å². The van der Waals surface area contributed by atoms with Crippen LogP contribution in [0.3, 0.4) is 0 Å². The maximum atomic E-state index is 12.7. The molecular formula is C17H21N5O2. The Labute approximate surface area is 139 Å². The number of H-pyrrole nitrogens is 1. The van der Waals surface area contributed by atoms with E-state index >= 15 is 0 Å². The van der Waals surface area contributed by atoms with Gasteiger partial charge in [-0.05, 0) is 44.4 Å². The number of carbonyl (C=O) groups excluding carboxylic acids is 1. The minimum Gasteiger partial charge on any atom is -0.438 e. The van der Waals surface area contributed by atoms with Gasteiger partial charge in [0.25, 0.3) is 5.89 Å². The van der Waals surface area contributed by atoms with Gasteiger partial charge >= 0.3 is 5.91 Å². The van der Waals surface area contributed by atoms with Gasteiger partial charge in [0.05, 0.1) is 6.20 Å². The molecule has 2 aromatic heterocycles. The SMILES string of the molecule is Cc1cnc(C(=O)N2C[C@H](c3nc(C4CC4)n[nH]3)[C@@H](C3CC3)C2)o1. The number of oxazole rings is 1. The highest BCUT2D eigenvalue weighted by molar-refractivity contribution is 5.90. The summed E-state index contributed by atoms with van der Waals surface area (Å²) in [4.78, 5) is 23.4. The molecule has 3 heterocycles. The standard InChI is InChI=1S/C17H21N5O2/c1-9-6-18-16(24-9)17(23)22-7-12(10-2-3-10)13(8-22)15-19-14(20-21-15)11-4-5-11/h6,10-13H,2-5,7-8H2,1H3,(H,19,20,21)/t12-,13+/m1/s1. The third kappa shape index (κ3) is 2.42. The Morgan fingerprint density at radius 1 is 1.29 bits per heavy atom. The van der Waals surface area contributed by atoms with Crippen LogP contribution in [-0.2, 0) is 0 Å². The van der Waals surface area contributed by atoms with Gasteiger partial charge in [0.15, 0.2) is 5.82 Å². The maximum absolute atomic E-state index is 12.7. The normalized spacial score (nSPS) is 27.0. The molecule has 126 valence electrons. The maximum Gasteiger partial charge on any atom is 0.309 e. The molecule has 3 fully saturated rings. The zero-order chi connectivity index (χ0) is 16.3. The predicted octanol–water partition coefficient (Wildman–Crippen LogP) is 2.24. The molecule has 2 aromatic rings. The van der Waals surface area contributed by atoms with E-state index in [2.05, 4.69) is 15.2 Å². The topological polar surface area (TPSA) is 87.9 Å². The Kier molecular flexibility index (Phi) is 3.05. The van der Waals surface area contributed by atoms with E-state index in [-0.39, 0.29) is 17.7 Å². The summed E-state index contributed by atoms with van der Waals surface area (Å²) in [6.45, 7) is 3.23. The zero-order valence-corrected chi connectivity index (χ0v) is 13.7. The first-order valence-electron chi connectivity index (χ1n) is 8.83. The van der Waals surface area contributed by atoms with Crippen molar-refractivity contribution in [1.29, 1.82) is 0 Å². The number of amides is 1. The fourth-order valence-corrected chi connectivity index (χ4v) is 3.85. The van der Waals surface area contributed by atoms with Crippen LogP contribution in [0.4, 0.5) is 0 Å². The van der Waals surface area contributed by atoms with Crippen LogP contribution in [-0.4, -0.2) is 44.1 Å². The average molecular weight is 327 g/mol. The summed E-state index contributed by atoms with van der Waals surface area (Å²) in [5.74, 6) is 4.61. The molecule has 1 amide bonds. The van der Waals surface area contributed by atoms with Crippen LogP contribution in [0.15, 0.2) is 10.6 Å². The second-order valence-electron chi connectivity index (χ2n) is 7.45. The van der Waals surface area contributed by atoms with Crippen LogP contribution in [0.5, 0.6) is 0 Å². The van der Waals surface area contributed by atoms with Crippen LogP contribution >= 0.6 is 0 Å². The molecule has 0 unspecified atom stereocenters. The summed E-state index contributed by atoms with van der Waals surface area (Å²) < 4.78 is 5.42. The van der Waals surface area contributed by atoms with Crippen LogP contribution in [0.2, 0.25) is 0 Å². The molecule has 7 nitrogen and oxygen atoms in total. The van der Waals surface area contributed by atoms with Gasteiger partial charge < -0.3 is 9.32 Å². The number of hydrogen-bond donors (Lipinski definition) is 1. The number of likely N-dealkylation sites (tertiary alicyclic amines) is 1. The smallest absolute Gasteiger partial charge is 0.309 e. The summed E-state index contributed by atoms with van der Waals surface area (Å²) in [5, 5.41) is 7.54. The molecule has 24 heavy (non-hydrogen) atoms. The number of aromatic amines is 1. The number of nitrogens with one attached hydrogen (secondary N) is 1. The van der Waals surface area contributed by atoms with E-state index in [0.717, 1.165) is 18.2 Å². The van der Waals surface area contributed by atoms with Crippen LogP contribution in [0.25, 0.3) is 0 Å². The summed E-state index contributed by atoms with van der Waals surface area (Å²) in [6, 6.07) is 0. The molecule has 3 aliphatic rings. The molecular weight excluding hydrogens is 306 g/mol. The van der Waals surface area contributed by atoms with Crippen molar-refractivity contribution in [2.24, 2.45) is 11.8 Å². The molecule has 5 rings (SSSR count). The molecule has 7 heteroatoms. The van der Waals surface area contributed by atoms with Gasteiger partial charge in [0.2, 0.25) is 0 Å². The van der Waals surface area contributed by atoms with Crippen molar-refractivity contribution in [1.82, 2.24) is 25.1 Å². The van der Waals surface area contributed by atoms with Crippen molar-refractivity contribution >= 4 is 5.91 Å². The fourth-order valence-electron chi connectivity index (χ4n) is 3.85. The number of aryl methyl sites for hydroxylation is 1. The minimum atomic E-state index is -0.113. The van der Waals surface area contributed by atoms with Gasteiger partial charge in [-0.2, -0.15) is 5.10 Å². The highest BCUT2D eigenvalue weighted by Gasteiger charge is 2.46. The van der Waals surface area contributed by atoms with Crippen molar-refractivity contribution in [2.45, 2.75) is 44.4 Å². The van der Waals surface area contributed by atoms with Gasteiger partial charge in [0.1, 0.15) is 11.6 Å². The van der Waals surface area contributed by atoms with Crippen molar-refractivity contribution < 1.29 is 9.21 Å². The zero-order valence-electron chi connectivity index (χ0n) is 13.7. The number of nitrogens with zero attached hydrogens (tertiary/aromatic N) is 4. The molecule has 0 bridgehead atoms. The molecule has 0 radical (unpaired) electrons. The number of aromatic nitrogens is 4. The van der Waals surface area contributed by atoms with E-state index in [1.807, 2.05) is 4.90 Å². The van der Waals surface area contributed by atoms with Crippen LogP contribution < -0.4 is 0 Å². The summed E-state index contributed by atoms with van der Waals surface area (Å²) in [6.07, 6.45) is 6.50. The van der Waals surface area contributed by atoms with Gasteiger partial charge in [-0.1, -0.05) is 0 Å². The van der Waals surface area contributed by atoms with E-state index < -0.39 is 0 Å². The lowest BCUT2D eigenvalue weighted by atomic mass is 9.91. The number of carbonyl (C=O) groups is 1. The monoisotopic (exact) mass is 327 g/mol. The third-order valence-corrected chi connectivity index (χ3v) is 5.50. The second-order valence-corrected chi connectivity index (χ2v) is 7.45. The summed E-state index contributed by atoms with van der Waals surface area (Å²) >= 11 is 0. The molecule has 0 spiro atoms. The van der Waals surface area contributed by atoms with Gasteiger partial charge in [-0.25, -0.2) is 9.97 Å². The molecule has 2 aliphatic carbocycles. The first-order valence-corrected chi connectivity index (χ1v) is 8.83. The van der Waals surface area contributed by atoms with E-state index in [0.29, 0.717) is 30.1 Å². The van der Waals surface area contributed by atoms with E-state index in [1.165, 1.54) is 25.7 Å². The van der Waals surface area contributed by atoms with Crippen molar-refractivity contribution in [3.63, 3.8) is 0 Å². The Hall–Kier alpha value is -2.18. The molecule has 2 atom stereocenters. The Bertz CT molecular complexity index is 774. The van der Waals surface area contributed by atoms with Crippen LogP contribution in [0.1, 0.15) is 65.6 Å².